The zero-order valence-electron chi connectivity index (χ0n) is 20.2. The molecule has 7 nitrogen and oxygen atoms in total. The van der Waals surface area contributed by atoms with Gasteiger partial charge in [0.1, 0.15) is 5.25 Å². The van der Waals surface area contributed by atoms with E-state index in [1.807, 2.05) is 61.5 Å². The molecule has 1 aromatic heterocycles. The third kappa shape index (κ3) is 5.87. The number of ether oxygens (including phenoxy) is 1. The van der Waals surface area contributed by atoms with E-state index in [9.17, 15) is 4.79 Å². The third-order valence-corrected chi connectivity index (χ3v) is 7.86. The summed E-state index contributed by atoms with van der Waals surface area (Å²) in [6.45, 7) is 5.53. The number of benzene rings is 2. The van der Waals surface area contributed by atoms with E-state index < -0.39 is 5.25 Å². The number of piperidine rings is 1. The van der Waals surface area contributed by atoms with Gasteiger partial charge in [-0.15, -0.1) is 10.2 Å². The second kappa shape index (κ2) is 11.3. The smallest absolute Gasteiger partial charge is 0.242 e. The molecule has 2 saturated heterocycles. The van der Waals surface area contributed by atoms with Crippen LogP contribution < -0.4 is 10.2 Å². The number of nitrogens with one attached hydrogen (secondary N) is 1. The Kier molecular flexibility index (Phi) is 7.69. The van der Waals surface area contributed by atoms with E-state index in [-0.39, 0.29) is 12.0 Å². The number of thioether (sulfide) groups is 1. The first-order valence-electron chi connectivity index (χ1n) is 12.6. The fourth-order valence-corrected chi connectivity index (χ4v) is 5.74. The number of carbonyl (C=O) groups is 1. The molecular formula is C27H33N5O2S. The lowest BCUT2D eigenvalue weighted by atomic mass is 10.1. The van der Waals surface area contributed by atoms with Gasteiger partial charge in [-0.25, -0.2) is 0 Å². The number of anilines is 2. The van der Waals surface area contributed by atoms with Crippen LogP contribution in [-0.4, -0.2) is 46.5 Å². The van der Waals surface area contributed by atoms with Crippen molar-refractivity contribution in [2.45, 2.75) is 62.1 Å². The Labute approximate surface area is 211 Å². The molecule has 0 aliphatic carbocycles. The van der Waals surface area contributed by atoms with Crippen molar-refractivity contribution in [2.24, 2.45) is 0 Å². The third-order valence-electron chi connectivity index (χ3n) is 6.63. The van der Waals surface area contributed by atoms with Crippen LogP contribution in [0, 0.1) is 6.92 Å². The van der Waals surface area contributed by atoms with Gasteiger partial charge in [-0.2, -0.15) is 0 Å². The number of carbonyl (C=O) groups excluding carboxylic acids is 1. The summed E-state index contributed by atoms with van der Waals surface area (Å²) >= 11 is 1.46. The SMILES string of the molecule is Cc1ccc(NC(=O)[C@@H](Sc2nnc(N3CCCCC3)n2C[C@H]2CCCO2)c2ccccc2)cc1. The maximum Gasteiger partial charge on any atom is 0.242 e. The van der Waals surface area contributed by atoms with Crippen LogP contribution >= 0.6 is 11.8 Å². The van der Waals surface area contributed by atoms with Gasteiger partial charge in [-0.05, 0) is 56.7 Å². The second-order valence-electron chi connectivity index (χ2n) is 9.34. The topological polar surface area (TPSA) is 72.3 Å². The molecule has 2 fully saturated rings. The summed E-state index contributed by atoms with van der Waals surface area (Å²) in [5, 5.41) is 12.6. The lowest BCUT2D eigenvalue weighted by Crippen LogP contribution is -2.33. The van der Waals surface area contributed by atoms with Crippen molar-refractivity contribution >= 4 is 29.3 Å². The normalized spacial score (nSPS) is 19.0. The van der Waals surface area contributed by atoms with Crippen molar-refractivity contribution in [2.75, 3.05) is 29.9 Å². The molecule has 0 spiro atoms. The minimum absolute atomic E-state index is 0.0729. The van der Waals surface area contributed by atoms with Crippen LogP contribution in [-0.2, 0) is 16.1 Å². The number of nitrogens with zero attached hydrogens (tertiary/aromatic N) is 4. The van der Waals surface area contributed by atoms with E-state index in [4.69, 9.17) is 4.74 Å². The summed E-state index contributed by atoms with van der Waals surface area (Å²) in [6, 6.07) is 17.8. The zero-order chi connectivity index (χ0) is 24.0. The highest BCUT2D eigenvalue weighted by Crippen LogP contribution is 2.37. The fraction of sp³-hybridized carbons (Fsp3) is 0.444. The Morgan fingerprint density at radius 3 is 2.54 bits per heavy atom. The van der Waals surface area contributed by atoms with Gasteiger partial charge in [0.25, 0.3) is 0 Å². The highest BCUT2D eigenvalue weighted by Gasteiger charge is 2.29. The fourth-order valence-electron chi connectivity index (χ4n) is 4.70. The minimum atomic E-state index is -0.459. The Balaban J connectivity index is 1.44. The maximum absolute atomic E-state index is 13.5. The Bertz CT molecular complexity index is 1110. The molecule has 0 radical (unpaired) electrons. The van der Waals surface area contributed by atoms with Gasteiger partial charge in [-0.1, -0.05) is 59.8 Å². The Hall–Kier alpha value is -2.84. The second-order valence-corrected chi connectivity index (χ2v) is 10.4. The molecule has 3 heterocycles. The van der Waals surface area contributed by atoms with Crippen molar-refractivity contribution in [1.29, 1.82) is 0 Å². The molecule has 0 unspecified atom stereocenters. The monoisotopic (exact) mass is 491 g/mol. The van der Waals surface area contributed by atoms with Crippen molar-refractivity contribution in [3.63, 3.8) is 0 Å². The first kappa shape index (κ1) is 23.9. The van der Waals surface area contributed by atoms with E-state index in [0.717, 1.165) is 60.5 Å². The van der Waals surface area contributed by atoms with Gasteiger partial charge in [0.2, 0.25) is 11.9 Å². The average molecular weight is 492 g/mol. The Morgan fingerprint density at radius 2 is 1.83 bits per heavy atom. The quantitative estimate of drug-likeness (QED) is 0.435. The van der Waals surface area contributed by atoms with Gasteiger partial charge in [0.15, 0.2) is 5.16 Å². The van der Waals surface area contributed by atoms with Crippen LogP contribution in [0.15, 0.2) is 59.8 Å². The number of amides is 1. The average Bonchev–Trinajstić information content (AvgIpc) is 3.55. The summed E-state index contributed by atoms with van der Waals surface area (Å²) < 4.78 is 8.15. The summed E-state index contributed by atoms with van der Waals surface area (Å²) in [6.07, 6.45) is 5.87. The number of hydrogen-bond acceptors (Lipinski definition) is 6. The number of aromatic nitrogens is 3. The van der Waals surface area contributed by atoms with Crippen LogP contribution in [0.1, 0.15) is 48.5 Å². The number of rotatable bonds is 8. The van der Waals surface area contributed by atoms with E-state index in [1.54, 1.807) is 0 Å². The molecule has 35 heavy (non-hydrogen) atoms. The summed E-state index contributed by atoms with van der Waals surface area (Å²) in [7, 11) is 0. The molecule has 2 aliphatic heterocycles. The van der Waals surface area contributed by atoms with Gasteiger partial charge >= 0.3 is 0 Å². The molecular weight excluding hydrogens is 458 g/mol. The molecule has 184 valence electrons. The van der Waals surface area contributed by atoms with Crippen LogP contribution in [0.5, 0.6) is 0 Å². The van der Waals surface area contributed by atoms with Crippen molar-refractivity contribution in [1.82, 2.24) is 14.8 Å². The highest BCUT2D eigenvalue weighted by atomic mass is 32.2. The first-order chi connectivity index (χ1) is 17.2. The zero-order valence-corrected chi connectivity index (χ0v) is 21.0. The minimum Gasteiger partial charge on any atom is -0.376 e. The molecule has 5 rings (SSSR count). The van der Waals surface area contributed by atoms with Crippen LogP contribution in [0.25, 0.3) is 0 Å². The molecule has 0 saturated carbocycles. The molecule has 2 atom stereocenters. The van der Waals surface area contributed by atoms with E-state index >= 15 is 0 Å². The predicted octanol–water partition coefficient (Wildman–Crippen LogP) is 5.23. The standard InChI is InChI=1S/C27H33N5O2S/c1-20-12-14-22(15-13-20)28-25(33)24(21-9-4-2-5-10-21)35-27-30-29-26(31-16-6-3-7-17-31)32(27)19-23-11-8-18-34-23/h2,4-5,9-10,12-15,23-24H,3,6-8,11,16-19H2,1H3,(H,28,33)/t23-,24+/m1/s1. The molecule has 8 heteroatoms. The van der Waals surface area contributed by atoms with Crippen LogP contribution in [0.2, 0.25) is 0 Å². The maximum atomic E-state index is 13.5. The molecule has 1 amide bonds. The first-order valence-corrected chi connectivity index (χ1v) is 13.4. The number of hydrogen-bond donors (Lipinski definition) is 1. The van der Waals surface area contributed by atoms with Crippen LogP contribution in [0.3, 0.4) is 0 Å². The largest absolute Gasteiger partial charge is 0.376 e. The van der Waals surface area contributed by atoms with Gasteiger partial charge in [0, 0.05) is 25.4 Å². The van der Waals surface area contributed by atoms with E-state index in [1.165, 1.54) is 31.0 Å². The summed E-state index contributed by atoms with van der Waals surface area (Å²) in [4.78, 5) is 15.9. The van der Waals surface area contributed by atoms with E-state index in [2.05, 4.69) is 25.0 Å². The molecule has 2 aliphatic rings. The lowest BCUT2D eigenvalue weighted by molar-refractivity contribution is -0.115. The van der Waals surface area contributed by atoms with Crippen LogP contribution in [0.4, 0.5) is 11.6 Å². The van der Waals surface area contributed by atoms with Crippen molar-refractivity contribution in [3.05, 3.63) is 65.7 Å². The van der Waals surface area contributed by atoms with Gasteiger partial charge < -0.3 is 15.0 Å². The van der Waals surface area contributed by atoms with Gasteiger partial charge in [-0.3, -0.25) is 9.36 Å². The predicted molar refractivity (Wildman–Crippen MR) is 140 cm³/mol. The summed E-state index contributed by atoms with van der Waals surface area (Å²) in [5.74, 6) is 0.824. The molecule has 1 N–H and O–H groups in total. The van der Waals surface area contributed by atoms with Gasteiger partial charge in [0.05, 0.1) is 12.6 Å². The molecule has 2 aromatic carbocycles. The molecule has 0 bridgehead atoms. The van der Waals surface area contributed by atoms with Crippen molar-refractivity contribution < 1.29 is 9.53 Å². The highest BCUT2D eigenvalue weighted by molar-refractivity contribution is 8.00. The summed E-state index contributed by atoms with van der Waals surface area (Å²) in [5.41, 5.74) is 2.88. The lowest BCUT2D eigenvalue weighted by Gasteiger charge is -2.28. The molecule has 3 aromatic rings. The van der Waals surface area contributed by atoms with E-state index in [0.29, 0.717) is 6.54 Å². The Morgan fingerprint density at radius 1 is 1.06 bits per heavy atom. The van der Waals surface area contributed by atoms with Crippen molar-refractivity contribution in [3.8, 4) is 0 Å². The number of aryl methyl sites for hydroxylation is 1.